The molecular formula is C8H19Cl2N3O. The Morgan fingerprint density at radius 2 is 1.93 bits per heavy atom. The number of rotatable bonds is 3. The van der Waals surface area contributed by atoms with Crippen molar-refractivity contribution < 1.29 is 4.79 Å². The lowest BCUT2D eigenvalue weighted by molar-refractivity contribution is -0.119. The van der Waals surface area contributed by atoms with Crippen molar-refractivity contribution in [3.05, 3.63) is 0 Å². The summed E-state index contributed by atoms with van der Waals surface area (Å²) in [5, 5.41) is 6.08. The largest absolute Gasteiger partial charge is 0.355 e. The molecule has 1 aliphatic rings. The zero-order valence-corrected chi connectivity index (χ0v) is 10.0. The van der Waals surface area contributed by atoms with E-state index >= 15 is 0 Å². The molecule has 1 aliphatic heterocycles. The van der Waals surface area contributed by atoms with Crippen LogP contribution in [0.3, 0.4) is 0 Å². The van der Waals surface area contributed by atoms with Crippen LogP contribution in [0.15, 0.2) is 0 Å². The van der Waals surface area contributed by atoms with Gasteiger partial charge in [-0.25, -0.2) is 0 Å². The smallest absolute Gasteiger partial charge is 0.216 e. The normalized spacial score (nSPS) is 16.4. The van der Waals surface area contributed by atoms with Gasteiger partial charge in [0.2, 0.25) is 5.91 Å². The quantitative estimate of drug-likeness (QED) is 0.727. The lowest BCUT2D eigenvalue weighted by Gasteiger charge is -2.26. The Bertz CT molecular complexity index is 152. The van der Waals surface area contributed by atoms with E-state index in [1.807, 2.05) is 0 Å². The van der Waals surface area contributed by atoms with E-state index in [1.54, 1.807) is 6.92 Å². The highest BCUT2D eigenvalue weighted by atomic mass is 35.5. The molecule has 0 unspecified atom stereocenters. The Kier molecular flexibility index (Phi) is 11.2. The van der Waals surface area contributed by atoms with E-state index in [9.17, 15) is 4.79 Å². The molecule has 0 aromatic heterocycles. The summed E-state index contributed by atoms with van der Waals surface area (Å²) in [4.78, 5) is 12.9. The molecule has 14 heavy (non-hydrogen) atoms. The average Bonchev–Trinajstić information content (AvgIpc) is 2.05. The van der Waals surface area contributed by atoms with Crippen molar-refractivity contribution in [1.29, 1.82) is 0 Å². The minimum absolute atomic E-state index is 0. The first-order chi connectivity index (χ1) is 5.79. The van der Waals surface area contributed by atoms with E-state index < -0.39 is 0 Å². The second kappa shape index (κ2) is 9.52. The summed E-state index contributed by atoms with van der Waals surface area (Å²) in [6.07, 6.45) is 0. The molecule has 0 aliphatic carbocycles. The van der Waals surface area contributed by atoms with Crippen LogP contribution in [0, 0.1) is 0 Å². The van der Waals surface area contributed by atoms with Gasteiger partial charge in [0, 0.05) is 46.2 Å². The van der Waals surface area contributed by atoms with E-state index in [-0.39, 0.29) is 30.7 Å². The van der Waals surface area contributed by atoms with Crippen molar-refractivity contribution in [1.82, 2.24) is 15.5 Å². The fourth-order valence-corrected chi connectivity index (χ4v) is 1.32. The third-order valence-electron chi connectivity index (χ3n) is 2.01. The molecule has 0 radical (unpaired) electrons. The number of nitrogens with zero attached hydrogens (tertiary/aromatic N) is 1. The maximum atomic E-state index is 10.5. The molecule has 0 spiro atoms. The minimum atomic E-state index is 0. The predicted molar refractivity (Wildman–Crippen MR) is 62.5 cm³/mol. The van der Waals surface area contributed by atoms with Crippen molar-refractivity contribution in [2.45, 2.75) is 6.92 Å². The molecule has 1 saturated heterocycles. The van der Waals surface area contributed by atoms with Crippen LogP contribution in [0.1, 0.15) is 6.92 Å². The predicted octanol–water partition coefficient (Wildman–Crippen LogP) is -0.129. The van der Waals surface area contributed by atoms with Crippen molar-refractivity contribution in [2.24, 2.45) is 0 Å². The summed E-state index contributed by atoms with van der Waals surface area (Å²) in [6.45, 7) is 7.63. The van der Waals surface area contributed by atoms with Gasteiger partial charge in [-0.3, -0.25) is 9.69 Å². The number of amides is 1. The van der Waals surface area contributed by atoms with Crippen molar-refractivity contribution in [2.75, 3.05) is 39.3 Å². The molecule has 2 N–H and O–H groups in total. The van der Waals surface area contributed by atoms with E-state index in [1.165, 1.54) is 0 Å². The number of carbonyl (C=O) groups excluding carboxylic acids is 1. The van der Waals surface area contributed by atoms with Crippen molar-refractivity contribution >= 4 is 30.7 Å². The van der Waals surface area contributed by atoms with Gasteiger partial charge in [0.15, 0.2) is 0 Å². The topological polar surface area (TPSA) is 44.4 Å². The first kappa shape index (κ1) is 16.4. The molecule has 4 nitrogen and oxygen atoms in total. The molecular weight excluding hydrogens is 225 g/mol. The van der Waals surface area contributed by atoms with Crippen LogP contribution in [0.4, 0.5) is 0 Å². The maximum absolute atomic E-state index is 10.5. The number of nitrogens with one attached hydrogen (secondary N) is 2. The Balaban J connectivity index is 0. The van der Waals surface area contributed by atoms with E-state index in [0.29, 0.717) is 0 Å². The highest BCUT2D eigenvalue weighted by Crippen LogP contribution is 1.89. The highest BCUT2D eigenvalue weighted by Gasteiger charge is 2.07. The van der Waals surface area contributed by atoms with Crippen molar-refractivity contribution in [3.8, 4) is 0 Å². The Morgan fingerprint density at radius 1 is 1.36 bits per heavy atom. The standard InChI is InChI=1S/C8H17N3O.2ClH/c1-8(12)10-4-7-11-5-2-9-3-6-11;;/h9H,2-7H2,1H3,(H,10,12);2*1H. The summed E-state index contributed by atoms with van der Waals surface area (Å²) in [5.74, 6) is 0.0603. The van der Waals surface area contributed by atoms with Crippen LogP contribution in [0.2, 0.25) is 0 Å². The SMILES string of the molecule is CC(=O)NCCN1CCNCC1.Cl.Cl. The molecule has 1 rings (SSSR count). The molecule has 0 aromatic carbocycles. The Hall–Kier alpha value is -0.0300. The zero-order valence-electron chi connectivity index (χ0n) is 8.41. The molecule has 1 amide bonds. The lowest BCUT2D eigenvalue weighted by atomic mass is 10.3. The Labute approximate surface area is 97.6 Å². The molecule has 86 valence electrons. The summed E-state index contributed by atoms with van der Waals surface area (Å²) in [7, 11) is 0. The summed E-state index contributed by atoms with van der Waals surface area (Å²) >= 11 is 0. The first-order valence-corrected chi connectivity index (χ1v) is 4.46. The average molecular weight is 244 g/mol. The van der Waals surface area contributed by atoms with Gasteiger partial charge in [-0.2, -0.15) is 0 Å². The van der Waals surface area contributed by atoms with Crippen molar-refractivity contribution in [3.63, 3.8) is 0 Å². The summed E-state index contributed by atoms with van der Waals surface area (Å²) < 4.78 is 0. The first-order valence-electron chi connectivity index (χ1n) is 4.46. The summed E-state index contributed by atoms with van der Waals surface area (Å²) in [5.41, 5.74) is 0. The monoisotopic (exact) mass is 243 g/mol. The number of hydrogen-bond acceptors (Lipinski definition) is 3. The van der Waals surface area contributed by atoms with Gasteiger partial charge in [0.05, 0.1) is 0 Å². The van der Waals surface area contributed by atoms with Gasteiger partial charge in [0.25, 0.3) is 0 Å². The van der Waals surface area contributed by atoms with Gasteiger partial charge in [0.1, 0.15) is 0 Å². The fourth-order valence-electron chi connectivity index (χ4n) is 1.32. The van der Waals surface area contributed by atoms with Gasteiger partial charge < -0.3 is 10.6 Å². The van der Waals surface area contributed by atoms with Gasteiger partial charge in [-0.1, -0.05) is 0 Å². The van der Waals surface area contributed by atoms with Crippen LogP contribution in [0.25, 0.3) is 0 Å². The van der Waals surface area contributed by atoms with Crippen LogP contribution < -0.4 is 10.6 Å². The third kappa shape index (κ3) is 7.38. The third-order valence-corrected chi connectivity index (χ3v) is 2.01. The second-order valence-electron chi connectivity index (χ2n) is 3.07. The maximum Gasteiger partial charge on any atom is 0.216 e. The Morgan fingerprint density at radius 3 is 2.43 bits per heavy atom. The highest BCUT2D eigenvalue weighted by molar-refractivity contribution is 5.85. The molecule has 1 heterocycles. The molecule has 1 fully saturated rings. The van der Waals surface area contributed by atoms with E-state index in [2.05, 4.69) is 15.5 Å². The molecule has 6 heteroatoms. The van der Waals surface area contributed by atoms with E-state index in [4.69, 9.17) is 0 Å². The number of halogens is 2. The lowest BCUT2D eigenvalue weighted by Crippen LogP contribution is -2.46. The molecule has 0 atom stereocenters. The number of piperazine rings is 1. The number of hydrogen-bond donors (Lipinski definition) is 2. The van der Waals surface area contributed by atoms with Crippen LogP contribution in [-0.2, 0) is 4.79 Å². The van der Waals surface area contributed by atoms with Crippen LogP contribution in [0.5, 0.6) is 0 Å². The van der Waals surface area contributed by atoms with Crippen LogP contribution in [-0.4, -0.2) is 50.1 Å². The molecule has 0 aromatic rings. The van der Waals surface area contributed by atoms with Gasteiger partial charge in [-0.05, 0) is 0 Å². The van der Waals surface area contributed by atoms with E-state index in [0.717, 1.165) is 39.3 Å². The second-order valence-corrected chi connectivity index (χ2v) is 3.07. The summed E-state index contributed by atoms with van der Waals surface area (Å²) in [6, 6.07) is 0. The number of carbonyl (C=O) groups is 1. The van der Waals surface area contributed by atoms with Crippen LogP contribution >= 0.6 is 24.8 Å². The van der Waals surface area contributed by atoms with Gasteiger partial charge in [-0.15, -0.1) is 24.8 Å². The minimum Gasteiger partial charge on any atom is -0.355 e. The van der Waals surface area contributed by atoms with Gasteiger partial charge >= 0.3 is 0 Å². The zero-order chi connectivity index (χ0) is 8.81. The fraction of sp³-hybridized carbons (Fsp3) is 0.875. The molecule has 0 saturated carbocycles. The molecule has 0 bridgehead atoms.